The third-order valence-electron chi connectivity index (χ3n) is 22.1. The number of benzene rings is 8. The van der Waals surface area contributed by atoms with Gasteiger partial charge in [-0.05, 0) is 343 Å². The van der Waals surface area contributed by atoms with Crippen molar-refractivity contribution in [3.8, 4) is 0 Å². The normalized spacial score (nSPS) is 14.4. The molecule has 8 aromatic carbocycles. The molecule has 6 heterocycles. The molecule has 0 atom stereocenters. The summed E-state index contributed by atoms with van der Waals surface area (Å²) in [4.78, 5) is 35.8. The van der Waals surface area contributed by atoms with Crippen molar-refractivity contribution in [1.82, 2.24) is 9.13 Å². The third-order valence-corrected chi connectivity index (χ3v) is 22.1. The second kappa shape index (κ2) is 16.4. The molecule has 2 aromatic heterocycles. The second-order valence-corrected chi connectivity index (χ2v) is 25.3. The van der Waals surface area contributed by atoms with E-state index in [0.29, 0.717) is 30.0 Å². The van der Waals surface area contributed by atoms with Gasteiger partial charge in [0.1, 0.15) is 29.3 Å². The van der Waals surface area contributed by atoms with Crippen LogP contribution in [0, 0.1) is 166 Å². The number of hydrogen-bond acceptors (Lipinski definition) is 6. The minimum atomic E-state index is 0.343. The molecule has 0 aliphatic carbocycles. The first-order chi connectivity index (χ1) is 38.2. The highest BCUT2D eigenvalue weighted by molar-refractivity contribution is 6.30. The summed E-state index contributed by atoms with van der Waals surface area (Å²) in [5.41, 5.74) is 36.4. The second-order valence-electron chi connectivity index (χ2n) is 25.3. The maximum absolute atomic E-state index is 6.06. The molecule has 81 heavy (non-hydrogen) atoms. The highest BCUT2D eigenvalue weighted by atomic mass is 15.3. The van der Waals surface area contributed by atoms with Gasteiger partial charge < -0.3 is 0 Å². The topological polar surface area (TPSA) is 84.0 Å². The van der Waals surface area contributed by atoms with Crippen molar-refractivity contribution >= 4 is 99.6 Å². The molecule has 0 amide bonds. The molecule has 6 bridgehead atoms. The lowest BCUT2D eigenvalue weighted by molar-refractivity contribution is 0.583. The van der Waals surface area contributed by atoms with Crippen LogP contribution in [0.1, 0.15) is 156 Å². The van der Waals surface area contributed by atoms with Crippen molar-refractivity contribution in [2.75, 3.05) is 0 Å². The van der Waals surface area contributed by atoms with E-state index in [1.165, 1.54) is 177 Å². The summed E-state index contributed by atoms with van der Waals surface area (Å²) in [6.07, 6.45) is 0. The molecule has 0 spiro atoms. The van der Waals surface area contributed by atoms with Crippen LogP contribution in [0.4, 0.5) is 11.6 Å². The van der Waals surface area contributed by atoms with Crippen molar-refractivity contribution in [1.29, 1.82) is 0 Å². The number of fused-ring (bicyclic) bond motifs is 18. The van der Waals surface area contributed by atoms with Crippen LogP contribution in [0.5, 0.6) is 0 Å². The van der Waals surface area contributed by atoms with Crippen LogP contribution in [-0.4, -0.2) is 32.5 Å². The van der Waals surface area contributed by atoms with E-state index in [0.717, 1.165) is 66.4 Å². The zero-order chi connectivity index (χ0) is 57.8. The molecule has 0 saturated carbocycles. The molecule has 0 radical (unpaired) electrons. The summed E-state index contributed by atoms with van der Waals surface area (Å²) < 4.78 is 4.80. The Bertz CT molecular complexity index is 4870. The number of amidine groups is 4. The Kier molecular flexibility index (Phi) is 10.4. The maximum Gasteiger partial charge on any atom is 0.165 e. The predicted octanol–water partition coefficient (Wildman–Crippen LogP) is 17.1. The first kappa shape index (κ1) is 51.3. The molecular weight excluding hydrogens is 989 g/mol. The summed E-state index contributed by atoms with van der Waals surface area (Å²) in [6.45, 7) is 55.5. The first-order valence-electron chi connectivity index (χ1n) is 29.2. The fourth-order valence-electron chi connectivity index (χ4n) is 16.5. The lowest BCUT2D eigenvalue weighted by atomic mass is 9.83. The van der Waals surface area contributed by atoms with Crippen LogP contribution >= 0.6 is 0 Å². The number of nitrogens with zero attached hydrogens (tertiary/aromatic N) is 8. The molecular formula is C73H74N8. The van der Waals surface area contributed by atoms with Gasteiger partial charge in [0.15, 0.2) is 23.3 Å². The van der Waals surface area contributed by atoms with Gasteiger partial charge in [0.2, 0.25) is 0 Å². The molecule has 4 aliphatic rings. The van der Waals surface area contributed by atoms with Crippen molar-refractivity contribution in [2.24, 2.45) is 30.0 Å². The molecule has 4 aliphatic heterocycles. The van der Waals surface area contributed by atoms with Crippen molar-refractivity contribution in [3.05, 3.63) is 167 Å². The number of aryl methyl sites for hydroxylation is 16. The summed E-state index contributed by atoms with van der Waals surface area (Å²) in [6, 6.07) is 0. The van der Waals surface area contributed by atoms with E-state index in [1.54, 1.807) is 0 Å². The average Bonchev–Trinajstić information content (AvgIpc) is 3.60. The third kappa shape index (κ3) is 5.96. The number of rotatable bonds is 0. The Morgan fingerprint density at radius 3 is 0.642 bits per heavy atom. The Balaban J connectivity index is 1.31. The van der Waals surface area contributed by atoms with E-state index in [9.17, 15) is 0 Å². The summed E-state index contributed by atoms with van der Waals surface area (Å²) >= 11 is 0. The molecule has 8 heteroatoms. The lowest BCUT2D eigenvalue weighted by Gasteiger charge is -2.21. The zero-order valence-electron chi connectivity index (χ0n) is 52.3. The molecule has 14 rings (SSSR count). The number of aliphatic imine (C=N–C) groups is 4. The van der Waals surface area contributed by atoms with Crippen molar-refractivity contribution in [2.45, 2.75) is 173 Å². The zero-order valence-corrected chi connectivity index (χ0v) is 52.3. The molecule has 406 valence electrons. The minimum Gasteiger partial charge on any atom is -0.291 e. The number of aromatic nitrogens is 2. The Labute approximate surface area is 475 Å². The summed E-state index contributed by atoms with van der Waals surface area (Å²) in [7, 11) is 0. The first-order valence-corrected chi connectivity index (χ1v) is 29.2. The van der Waals surface area contributed by atoms with Crippen LogP contribution in [-0.2, 0) is 6.67 Å². The van der Waals surface area contributed by atoms with E-state index in [1.807, 2.05) is 0 Å². The fourth-order valence-corrected chi connectivity index (χ4v) is 16.5. The predicted molar refractivity (Wildman–Crippen MR) is 344 cm³/mol. The maximum atomic E-state index is 6.06. The van der Waals surface area contributed by atoms with Gasteiger partial charge >= 0.3 is 0 Å². The van der Waals surface area contributed by atoms with Crippen LogP contribution in [0.2, 0.25) is 0 Å². The van der Waals surface area contributed by atoms with Crippen molar-refractivity contribution < 1.29 is 0 Å². The van der Waals surface area contributed by atoms with E-state index in [2.05, 4.69) is 175 Å². The van der Waals surface area contributed by atoms with E-state index in [-0.39, 0.29) is 0 Å². The van der Waals surface area contributed by atoms with Gasteiger partial charge in [-0.3, -0.25) is 9.13 Å². The van der Waals surface area contributed by atoms with Gasteiger partial charge in [0, 0.05) is 43.8 Å². The monoisotopic (exact) mass is 1060 g/mol. The highest BCUT2D eigenvalue weighted by Crippen LogP contribution is 2.51. The summed E-state index contributed by atoms with van der Waals surface area (Å²) in [5.74, 6) is 4.40. The lowest BCUT2D eigenvalue weighted by Crippen LogP contribution is -2.32. The molecule has 0 fully saturated rings. The van der Waals surface area contributed by atoms with E-state index < -0.39 is 0 Å². The standard InChI is InChI=1S/C73H74N8/c1-26-27(2)35(10)51-43(18)59-58(42(17)50(51)34(26)9)66-74-67(59)77-71-64-48(23)56-40(15)32(7)33(8)41(16)57(56)49(24)65(64)73-79-69-61-45(20)53-37(12)29(4)28(3)36(11)52(53)44(19)60(61)68(75-69)78-72-63-47(22)55-39(14)31(6)30(5)38(13)54(55)46(21)62(63)70(76-66)80(72)25-81(71)73/h25H2,1-24H3. The largest absolute Gasteiger partial charge is 0.291 e. The van der Waals surface area contributed by atoms with Gasteiger partial charge in [-0.1, -0.05) is 0 Å². The summed E-state index contributed by atoms with van der Waals surface area (Å²) in [5, 5.41) is 14.6. The van der Waals surface area contributed by atoms with Crippen LogP contribution in [0.25, 0.3) is 64.6 Å². The van der Waals surface area contributed by atoms with E-state index in [4.69, 9.17) is 30.0 Å². The van der Waals surface area contributed by atoms with Gasteiger partial charge in [0.05, 0.1) is 0 Å². The quantitative estimate of drug-likeness (QED) is 0.145. The van der Waals surface area contributed by atoms with Crippen molar-refractivity contribution in [3.63, 3.8) is 0 Å². The van der Waals surface area contributed by atoms with Gasteiger partial charge in [-0.2, -0.15) is 0 Å². The smallest absolute Gasteiger partial charge is 0.165 e. The van der Waals surface area contributed by atoms with Crippen LogP contribution < -0.4 is 11.0 Å². The van der Waals surface area contributed by atoms with Crippen LogP contribution in [0.3, 0.4) is 0 Å². The average molecular weight is 1060 g/mol. The fraction of sp³-hybridized carbons (Fsp3) is 0.342. The van der Waals surface area contributed by atoms with Crippen LogP contribution in [0.15, 0.2) is 30.0 Å². The Hall–Kier alpha value is -7.84. The Morgan fingerprint density at radius 1 is 0.185 bits per heavy atom. The van der Waals surface area contributed by atoms with E-state index >= 15 is 0 Å². The SMILES string of the molecule is Cc1c(C)c(C)c2c(C)c3c(c(C)c2c1C)C1=NC3=Nc2c3c(C)c4c(C)c(C)c(C)c(C)c4c(C)c3c3n2Cn2c(c4c(C)c5c(C)c(C)c(C)c(C)c5c(C)c4c2=NC2=NC(=N3)c3c2c(C)c2c(C)c(C)c(C)c(C)c2c3C)=N1. The van der Waals surface area contributed by atoms with Gasteiger partial charge in [-0.25, -0.2) is 30.0 Å². The molecule has 0 saturated heterocycles. The molecule has 0 unspecified atom stereocenters. The highest BCUT2D eigenvalue weighted by Gasteiger charge is 2.37. The molecule has 8 nitrogen and oxygen atoms in total. The molecule has 10 aromatic rings. The molecule has 0 N–H and O–H groups in total. The van der Waals surface area contributed by atoms with Gasteiger partial charge in [0.25, 0.3) is 0 Å². The Morgan fingerprint density at radius 2 is 0.395 bits per heavy atom. The number of hydrogen-bond donors (Lipinski definition) is 0. The van der Waals surface area contributed by atoms with Gasteiger partial charge in [-0.15, -0.1) is 0 Å². The minimum absolute atomic E-state index is 0.343.